The molecule has 2 aromatic rings. The third-order valence-corrected chi connectivity index (χ3v) is 4.00. The van der Waals surface area contributed by atoms with Crippen molar-refractivity contribution in [3.8, 4) is 11.5 Å². The summed E-state index contributed by atoms with van der Waals surface area (Å²) in [5.41, 5.74) is 6.24. The standard InChI is InChI=1S/C19H22N4O5/c1-11-5-12(2)18(13(3)6-11)20-10-17(24)22-21-9-14-7-15(23(26)27)19(25)16(8-14)28-4/h5-9,20,25H,10H2,1-4H3,(H,22,24)/b21-9-. The average Bonchev–Trinajstić information content (AvgIpc) is 2.61. The maximum absolute atomic E-state index is 12.0. The summed E-state index contributed by atoms with van der Waals surface area (Å²) in [4.78, 5) is 22.2. The Morgan fingerprint density at radius 2 is 1.89 bits per heavy atom. The maximum Gasteiger partial charge on any atom is 0.315 e. The van der Waals surface area contributed by atoms with E-state index >= 15 is 0 Å². The summed E-state index contributed by atoms with van der Waals surface area (Å²) in [5.74, 6) is -1.01. The molecular formula is C19H22N4O5. The number of nitro benzene ring substituents is 1. The number of nitrogens with zero attached hydrogens (tertiary/aromatic N) is 2. The lowest BCUT2D eigenvalue weighted by molar-refractivity contribution is -0.386. The molecule has 0 aliphatic carbocycles. The van der Waals surface area contributed by atoms with Crippen molar-refractivity contribution >= 4 is 23.5 Å². The van der Waals surface area contributed by atoms with Gasteiger partial charge in [-0.2, -0.15) is 5.10 Å². The van der Waals surface area contributed by atoms with Gasteiger partial charge in [0.05, 0.1) is 24.8 Å². The first-order valence-corrected chi connectivity index (χ1v) is 8.42. The third kappa shape index (κ3) is 4.97. The molecular weight excluding hydrogens is 364 g/mol. The van der Waals surface area contributed by atoms with Gasteiger partial charge in [0.1, 0.15) is 0 Å². The van der Waals surface area contributed by atoms with Crippen molar-refractivity contribution in [2.24, 2.45) is 5.10 Å². The second-order valence-corrected chi connectivity index (χ2v) is 6.27. The van der Waals surface area contributed by atoms with Crippen molar-refractivity contribution in [2.45, 2.75) is 20.8 Å². The number of aryl methyl sites for hydroxylation is 3. The van der Waals surface area contributed by atoms with Crippen LogP contribution in [0.2, 0.25) is 0 Å². The Morgan fingerprint density at radius 1 is 1.25 bits per heavy atom. The predicted octanol–water partition coefficient (Wildman–Crippen LogP) is 2.80. The molecule has 0 unspecified atom stereocenters. The van der Waals surface area contributed by atoms with Crippen LogP contribution in [0.4, 0.5) is 11.4 Å². The van der Waals surface area contributed by atoms with Gasteiger partial charge in [-0.1, -0.05) is 17.7 Å². The Kier molecular flexibility index (Phi) is 6.54. The van der Waals surface area contributed by atoms with Crippen LogP contribution in [-0.4, -0.2) is 35.8 Å². The number of hydrogen-bond donors (Lipinski definition) is 3. The number of benzene rings is 2. The molecule has 1 amide bonds. The van der Waals surface area contributed by atoms with E-state index < -0.39 is 16.4 Å². The van der Waals surface area contributed by atoms with Gasteiger partial charge in [-0.05, 0) is 38.0 Å². The fourth-order valence-electron chi connectivity index (χ4n) is 2.83. The first kappa shape index (κ1) is 20.7. The molecule has 0 heterocycles. The summed E-state index contributed by atoms with van der Waals surface area (Å²) in [6.07, 6.45) is 1.23. The van der Waals surface area contributed by atoms with Gasteiger partial charge in [0.2, 0.25) is 5.75 Å². The zero-order valence-corrected chi connectivity index (χ0v) is 16.1. The van der Waals surface area contributed by atoms with E-state index in [0.717, 1.165) is 28.4 Å². The number of amides is 1. The lowest BCUT2D eigenvalue weighted by Crippen LogP contribution is -2.26. The summed E-state index contributed by atoms with van der Waals surface area (Å²) < 4.78 is 4.91. The molecule has 3 N–H and O–H groups in total. The number of rotatable bonds is 7. The Labute approximate surface area is 162 Å². The molecule has 9 heteroatoms. The van der Waals surface area contributed by atoms with E-state index in [1.54, 1.807) is 0 Å². The zero-order valence-electron chi connectivity index (χ0n) is 16.1. The SMILES string of the molecule is COc1cc(/C=N\NC(=O)CNc2c(C)cc(C)cc2C)cc([N+](=O)[O-])c1O. The van der Waals surface area contributed by atoms with Gasteiger partial charge in [0, 0.05) is 17.3 Å². The molecule has 0 bridgehead atoms. The highest BCUT2D eigenvalue weighted by atomic mass is 16.6. The van der Waals surface area contributed by atoms with E-state index in [9.17, 15) is 20.0 Å². The highest BCUT2D eigenvalue weighted by Gasteiger charge is 2.19. The summed E-state index contributed by atoms with van der Waals surface area (Å²) in [6.45, 7) is 5.95. The number of aromatic hydroxyl groups is 1. The van der Waals surface area contributed by atoms with E-state index in [-0.39, 0.29) is 18.2 Å². The summed E-state index contributed by atoms with van der Waals surface area (Å²) in [6, 6.07) is 6.55. The summed E-state index contributed by atoms with van der Waals surface area (Å²) >= 11 is 0. The normalized spacial score (nSPS) is 10.7. The molecule has 0 spiro atoms. The summed E-state index contributed by atoms with van der Waals surface area (Å²) in [5, 5.41) is 27.6. The molecule has 0 atom stereocenters. The van der Waals surface area contributed by atoms with Gasteiger partial charge in [-0.15, -0.1) is 0 Å². The molecule has 0 radical (unpaired) electrons. The van der Waals surface area contributed by atoms with Crippen molar-refractivity contribution in [3.05, 3.63) is 56.6 Å². The van der Waals surface area contributed by atoms with Crippen LogP contribution in [0, 0.1) is 30.9 Å². The fourth-order valence-corrected chi connectivity index (χ4v) is 2.83. The monoisotopic (exact) mass is 386 g/mol. The highest BCUT2D eigenvalue weighted by Crippen LogP contribution is 2.36. The number of nitro groups is 1. The van der Waals surface area contributed by atoms with Crippen molar-refractivity contribution in [3.63, 3.8) is 0 Å². The van der Waals surface area contributed by atoms with E-state index in [1.807, 2.05) is 32.9 Å². The topological polar surface area (TPSA) is 126 Å². The molecule has 2 rings (SSSR count). The first-order valence-electron chi connectivity index (χ1n) is 8.42. The minimum absolute atomic E-state index is 0.0150. The lowest BCUT2D eigenvalue weighted by atomic mass is 10.1. The molecule has 0 saturated carbocycles. The Bertz CT molecular complexity index is 917. The molecule has 0 aliphatic rings. The van der Waals surface area contributed by atoms with Crippen molar-refractivity contribution in [2.75, 3.05) is 19.0 Å². The van der Waals surface area contributed by atoms with E-state index in [4.69, 9.17) is 4.74 Å². The molecule has 148 valence electrons. The van der Waals surface area contributed by atoms with Crippen LogP contribution < -0.4 is 15.5 Å². The number of nitrogens with one attached hydrogen (secondary N) is 2. The van der Waals surface area contributed by atoms with E-state index in [2.05, 4.69) is 15.8 Å². The van der Waals surface area contributed by atoms with Crippen molar-refractivity contribution in [1.82, 2.24) is 5.43 Å². The van der Waals surface area contributed by atoms with Gasteiger partial charge < -0.3 is 15.2 Å². The summed E-state index contributed by atoms with van der Waals surface area (Å²) in [7, 11) is 1.28. The van der Waals surface area contributed by atoms with Crippen LogP contribution in [-0.2, 0) is 4.79 Å². The van der Waals surface area contributed by atoms with E-state index in [1.165, 1.54) is 19.4 Å². The zero-order chi connectivity index (χ0) is 20.8. The molecule has 0 saturated heterocycles. The van der Waals surface area contributed by atoms with Gasteiger partial charge in [0.25, 0.3) is 5.91 Å². The number of ether oxygens (including phenoxy) is 1. The number of hydrazone groups is 1. The van der Waals surface area contributed by atoms with Crippen LogP contribution >= 0.6 is 0 Å². The van der Waals surface area contributed by atoms with Crippen molar-refractivity contribution < 1.29 is 19.6 Å². The number of hydrogen-bond acceptors (Lipinski definition) is 7. The Morgan fingerprint density at radius 3 is 2.46 bits per heavy atom. The molecule has 0 aliphatic heterocycles. The van der Waals surface area contributed by atoms with Gasteiger partial charge in [-0.25, -0.2) is 5.43 Å². The maximum atomic E-state index is 12.0. The Balaban J connectivity index is 2.02. The van der Waals surface area contributed by atoms with Gasteiger partial charge in [0.15, 0.2) is 5.75 Å². The number of methoxy groups -OCH3 is 1. The second kappa shape index (κ2) is 8.85. The fraction of sp³-hybridized carbons (Fsp3) is 0.263. The van der Waals surface area contributed by atoms with Crippen molar-refractivity contribution in [1.29, 1.82) is 0 Å². The van der Waals surface area contributed by atoms with Crippen LogP contribution in [0.15, 0.2) is 29.4 Å². The third-order valence-electron chi connectivity index (χ3n) is 4.00. The molecule has 2 aromatic carbocycles. The molecule has 9 nitrogen and oxygen atoms in total. The number of carbonyl (C=O) groups is 1. The number of phenols is 1. The van der Waals surface area contributed by atoms with Crippen LogP contribution in [0.5, 0.6) is 11.5 Å². The average molecular weight is 386 g/mol. The van der Waals surface area contributed by atoms with E-state index in [0.29, 0.717) is 5.56 Å². The minimum atomic E-state index is -0.732. The second-order valence-electron chi connectivity index (χ2n) is 6.27. The number of carbonyl (C=O) groups excluding carboxylic acids is 1. The highest BCUT2D eigenvalue weighted by molar-refractivity contribution is 5.86. The first-order chi connectivity index (χ1) is 13.2. The van der Waals surface area contributed by atoms with Crippen LogP contribution in [0.1, 0.15) is 22.3 Å². The largest absolute Gasteiger partial charge is 0.500 e. The quantitative estimate of drug-likeness (QED) is 0.382. The smallest absolute Gasteiger partial charge is 0.315 e. The number of anilines is 1. The van der Waals surface area contributed by atoms with Crippen LogP contribution in [0.25, 0.3) is 0 Å². The molecule has 0 aromatic heterocycles. The molecule has 28 heavy (non-hydrogen) atoms. The lowest BCUT2D eigenvalue weighted by Gasteiger charge is -2.13. The molecule has 0 fully saturated rings. The Hall–Kier alpha value is -3.62. The van der Waals surface area contributed by atoms with Crippen LogP contribution in [0.3, 0.4) is 0 Å². The number of phenolic OH excluding ortho intramolecular Hbond substituents is 1. The van der Waals surface area contributed by atoms with Gasteiger partial charge >= 0.3 is 5.69 Å². The minimum Gasteiger partial charge on any atom is -0.500 e. The predicted molar refractivity (Wildman–Crippen MR) is 106 cm³/mol. The van der Waals surface area contributed by atoms with Gasteiger partial charge in [-0.3, -0.25) is 14.9 Å².